The predicted molar refractivity (Wildman–Crippen MR) is 80.1 cm³/mol. The minimum absolute atomic E-state index is 0.0398. The van der Waals surface area contributed by atoms with Crippen molar-refractivity contribution in [3.8, 4) is 5.75 Å². The highest BCUT2D eigenvalue weighted by Crippen LogP contribution is 2.19. The van der Waals surface area contributed by atoms with Gasteiger partial charge in [0.25, 0.3) is 0 Å². The Labute approximate surface area is 124 Å². The van der Waals surface area contributed by atoms with Crippen LogP contribution >= 0.6 is 11.6 Å². The number of carbonyl (C=O) groups is 1. The topological polar surface area (TPSA) is 72.5 Å². The lowest BCUT2D eigenvalue weighted by atomic mass is 9.91. The molecule has 0 spiro atoms. The largest absolute Gasteiger partial charge is 0.494 e. The summed E-state index contributed by atoms with van der Waals surface area (Å²) in [7, 11) is 0. The summed E-state index contributed by atoms with van der Waals surface area (Å²) in [6.45, 7) is 3.11. The molecule has 2 atom stereocenters. The van der Waals surface area contributed by atoms with Gasteiger partial charge in [0.1, 0.15) is 5.75 Å². The monoisotopic (exact) mass is 299 g/mol. The first kappa shape index (κ1) is 16.8. The van der Waals surface area contributed by atoms with Gasteiger partial charge in [0.15, 0.2) is 0 Å². The molecule has 0 unspecified atom stereocenters. The smallest absolute Gasteiger partial charge is 0.303 e. The lowest BCUT2D eigenvalue weighted by molar-refractivity contribution is -0.138. The van der Waals surface area contributed by atoms with Crippen LogP contribution in [0, 0.1) is 11.8 Å². The van der Waals surface area contributed by atoms with Crippen LogP contribution in [-0.2, 0) is 4.79 Å². The number of rotatable bonds is 9. The number of aliphatic carboxylic acids is 1. The van der Waals surface area contributed by atoms with E-state index in [1.165, 1.54) is 0 Å². The van der Waals surface area contributed by atoms with E-state index in [4.69, 9.17) is 27.2 Å². The number of hydrogen-bond donors (Lipinski definition) is 2. The molecular formula is C15H22ClNO3. The van der Waals surface area contributed by atoms with E-state index in [0.29, 0.717) is 24.1 Å². The Kier molecular flexibility index (Phi) is 7.41. The average molecular weight is 300 g/mol. The quantitative estimate of drug-likeness (QED) is 0.734. The van der Waals surface area contributed by atoms with Crippen LogP contribution in [0.25, 0.3) is 0 Å². The van der Waals surface area contributed by atoms with Gasteiger partial charge < -0.3 is 15.6 Å². The molecule has 0 saturated carbocycles. The van der Waals surface area contributed by atoms with E-state index in [-0.39, 0.29) is 12.3 Å². The molecule has 0 aliphatic heterocycles. The normalized spacial score (nSPS) is 13.8. The van der Waals surface area contributed by atoms with E-state index in [1.807, 2.05) is 12.1 Å². The molecule has 4 nitrogen and oxygen atoms in total. The van der Waals surface area contributed by atoms with Gasteiger partial charge in [-0.2, -0.15) is 0 Å². The van der Waals surface area contributed by atoms with Gasteiger partial charge in [0.05, 0.1) is 6.61 Å². The fraction of sp³-hybridized carbons (Fsp3) is 0.533. The first-order valence-corrected chi connectivity index (χ1v) is 7.19. The first-order chi connectivity index (χ1) is 9.51. The molecule has 0 aliphatic rings. The fourth-order valence-electron chi connectivity index (χ4n) is 2.11. The zero-order chi connectivity index (χ0) is 15.0. The molecule has 3 N–H and O–H groups in total. The maximum absolute atomic E-state index is 10.7. The van der Waals surface area contributed by atoms with Crippen LogP contribution in [0.3, 0.4) is 0 Å². The third kappa shape index (κ3) is 6.78. The number of carboxylic acid groups (broad SMARTS) is 1. The maximum atomic E-state index is 10.7. The van der Waals surface area contributed by atoms with E-state index < -0.39 is 5.97 Å². The van der Waals surface area contributed by atoms with Crippen molar-refractivity contribution in [2.45, 2.75) is 26.2 Å². The molecule has 0 aliphatic carbocycles. The van der Waals surface area contributed by atoms with Crippen LogP contribution in [0.4, 0.5) is 0 Å². The third-order valence-electron chi connectivity index (χ3n) is 3.23. The van der Waals surface area contributed by atoms with Gasteiger partial charge in [-0.15, -0.1) is 0 Å². The zero-order valence-corrected chi connectivity index (χ0v) is 12.5. The van der Waals surface area contributed by atoms with E-state index >= 15 is 0 Å². The highest BCUT2D eigenvalue weighted by Gasteiger charge is 2.15. The molecule has 1 aromatic carbocycles. The first-order valence-electron chi connectivity index (χ1n) is 6.81. The van der Waals surface area contributed by atoms with E-state index in [2.05, 4.69) is 6.92 Å². The van der Waals surface area contributed by atoms with Crippen molar-refractivity contribution in [3.63, 3.8) is 0 Å². The van der Waals surface area contributed by atoms with Crippen LogP contribution in [0.2, 0.25) is 5.02 Å². The van der Waals surface area contributed by atoms with Gasteiger partial charge in [0.2, 0.25) is 0 Å². The van der Waals surface area contributed by atoms with Crippen molar-refractivity contribution in [3.05, 3.63) is 29.3 Å². The molecule has 0 fully saturated rings. The van der Waals surface area contributed by atoms with Gasteiger partial charge in [-0.3, -0.25) is 4.79 Å². The fourth-order valence-corrected chi connectivity index (χ4v) is 2.23. The van der Waals surface area contributed by atoms with Crippen molar-refractivity contribution in [2.75, 3.05) is 13.2 Å². The molecular weight excluding hydrogens is 278 g/mol. The Morgan fingerprint density at radius 1 is 1.40 bits per heavy atom. The maximum Gasteiger partial charge on any atom is 0.303 e. The summed E-state index contributed by atoms with van der Waals surface area (Å²) >= 11 is 5.80. The SMILES string of the molecule is C[C@H](CCOc1ccc(Cl)cc1)C[C@H](CN)CC(=O)O. The molecule has 0 radical (unpaired) electrons. The summed E-state index contributed by atoms with van der Waals surface area (Å²) in [6, 6.07) is 7.25. The van der Waals surface area contributed by atoms with Gasteiger partial charge >= 0.3 is 5.97 Å². The van der Waals surface area contributed by atoms with Crippen molar-refractivity contribution in [1.82, 2.24) is 0 Å². The summed E-state index contributed by atoms with van der Waals surface area (Å²) < 4.78 is 5.62. The number of nitrogens with two attached hydrogens (primary N) is 1. The zero-order valence-electron chi connectivity index (χ0n) is 11.7. The second-order valence-electron chi connectivity index (χ2n) is 5.13. The summed E-state index contributed by atoms with van der Waals surface area (Å²) in [5.74, 6) is 0.431. The average Bonchev–Trinajstić information content (AvgIpc) is 2.39. The Balaban J connectivity index is 2.26. The number of ether oxygens (including phenoxy) is 1. The molecule has 0 aromatic heterocycles. The standard InChI is InChI=1S/C15H22ClNO3/c1-11(8-12(10-17)9-15(18)19)6-7-20-14-4-2-13(16)3-5-14/h2-5,11-12H,6-10,17H2,1H3,(H,18,19)/t11-,12+/m1/s1. The molecule has 112 valence electrons. The highest BCUT2D eigenvalue weighted by molar-refractivity contribution is 6.30. The van der Waals surface area contributed by atoms with E-state index in [9.17, 15) is 4.79 Å². The van der Waals surface area contributed by atoms with Crippen LogP contribution in [-0.4, -0.2) is 24.2 Å². The molecule has 20 heavy (non-hydrogen) atoms. The molecule has 0 heterocycles. The molecule has 0 amide bonds. The van der Waals surface area contributed by atoms with Crippen LogP contribution < -0.4 is 10.5 Å². The van der Waals surface area contributed by atoms with Gasteiger partial charge in [-0.25, -0.2) is 0 Å². The van der Waals surface area contributed by atoms with Crippen molar-refractivity contribution >= 4 is 17.6 Å². The number of carboxylic acids is 1. The van der Waals surface area contributed by atoms with E-state index in [1.54, 1.807) is 12.1 Å². The number of hydrogen-bond acceptors (Lipinski definition) is 3. The van der Waals surface area contributed by atoms with Crippen LogP contribution in [0.1, 0.15) is 26.2 Å². The van der Waals surface area contributed by atoms with Crippen molar-refractivity contribution in [1.29, 1.82) is 0 Å². The molecule has 1 aromatic rings. The Morgan fingerprint density at radius 3 is 2.60 bits per heavy atom. The predicted octanol–water partition coefficient (Wildman–Crippen LogP) is 3.18. The highest BCUT2D eigenvalue weighted by atomic mass is 35.5. The van der Waals surface area contributed by atoms with E-state index in [0.717, 1.165) is 18.6 Å². The number of benzene rings is 1. The Morgan fingerprint density at radius 2 is 2.05 bits per heavy atom. The third-order valence-corrected chi connectivity index (χ3v) is 3.48. The number of halogens is 1. The lowest BCUT2D eigenvalue weighted by Gasteiger charge is -2.18. The minimum Gasteiger partial charge on any atom is -0.494 e. The van der Waals surface area contributed by atoms with Crippen LogP contribution in [0.5, 0.6) is 5.75 Å². The Bertz CT molecular complexity index is 408. The minimum atomic E-state index is -0.787. The summed E-state index contributed by atoms with van der Waals surface area (Å²) in [4.78, 5) is 10.7. The Hall–Kier alpha value is -1.26. The summed E-state index contributed by atoms with van der Waals surface area (Å²) in [6.07, 6.45) is 1.82. The van der Waals surface area contributed by atoms with Gasteiger partial charge in [-0.05, 0) is 55.5 Å². The van der Waals surface area contributed by atoms with Gasteiger partial charge in [0, 0.05) is 11.4 Å². The molecule has 0 bridgehead atoms. The van der Waals surface area contributed by atoms with Crippen LogP contribution in [0.15, 0.2) is 24.3 Å². The van der Waals surface area contributed by atoms with Gasteiger partial charge in [-0.1, -0.05) is 18.5 Å². The summed E-state index contributed by atoms with van der Waals surface area (Å²) in [5, 5.41) is 9.47. The van der Waals surface area contributed by atoms with Crippen molar-refractivity contribution < 1.29 is 14.6 Å². The molecule has 5 heteroatoms. The molecule has 1 rings (SSSR count). The molecule has 0 saturated heterocycles. The lowest BCUT2D eigenvalue weighted by Crippen LogP contribution is -2.21. The second kappa shape index (κ2) is 8.82. The second-order valence-corrected chi connectivity index (χ2v) is 5.57. The summed E-state index contributed by atoms with van der Waals surface area (Å²) in [5.41, 5.74) is 5.60. The van der Waals surface area contributed by atoms with Crippen molar-refractivity contribution in [2.24, 2.45) is 17.6 Å².